The molecule has 13 heavy (non-hydrogen) atoms. The molecule has 0 saturated carbocycles. The maximum atomic E-state index is 11.1. The lowest BCUT2D eigenvalue weighted by Gasteiger charge is -2.29. The molecule has 1 rings (SSSR count). The molecule has 0 unspecified atom stereocenters. The van der Waals surface area contributed by atoms with Crippen LogP contribution in [0.4, 0.5) is 0 Å². The van der Waals surface area contributed by atoms with Gasteiger partial charge in [0.15, 0.2) is 0 Å². The summed E-state index contributed by atoms with van der Waals surface area (Å²) in [6, 6.07) is 0. The first-order valence-electron chi connectivity index (χ1n) is 5.03. The van der Waals surface area contributed by atoms with Gasteiger partial charge in [0.2, 0.25) is 5.91 Å². The Morgan fingerprint density at radius 1 is 1.62 bits per heavy atom. The molecule has 0 spiro atoms. The van der Waals surface area contributed by atoms with Crippen LogP contribution in [0, 0.1) is 11.3 Å². The topological polar surface area (TPSA) is 55.1 Å². The smallest absolute Gasteiger partial charge is 0.223 e. The van der Waals surface area contributed by atoms with Gasteiger partial charge in [-0.3, -0.25) is 4.79 Å². The fourth-order valence-corrected chi connectivity index (χ4v) is 1.92. The SMILES string of the molecule is CC(C)(C[C@@H]1CCCNC1)C(N)=O. The highest BCUT2D eigenvalue weighted by atomic mass is 16.1. The lowest BCUT2D eigenvalue weighted by Crippen LogP contribution is -2.38. The number of hydrogen-bond acceptors (Lipinski definition) is 2. The Labute approximate surface area is 80.1 Å². The Morgan fingerprint density at radius 2 is 2.31 bits per heavy atom. The second kappa shape index (κ2) is 4.09. The minimum absolute atomic E-state index is 0.182. The molecule has 3 nitrogen and oxygen atoms in total. The number of carbonyl (C=O) groups excluding carboxylic acids is 1. The van der Waals surface area contributed by atoms with Gasteiger partial charge in [0.25, 0.3) is 0 Å². The number of rotatable bonds is 3. The number of piperidine rings is 1. The monoisotopic (exact) mass is 184 g/mol. The molecular formula is C10H20N2O. The van der Waals surface area contributed by atoms with Crippen LogP contribution in [0.1, 0.15) is 33.1 Å². The molecular weight excluding hydrogens is 164 g/mol. The second-order valence-corrected chi connectivity index (χ2v) is 4.66. The van der Waals surface area contributed by atoms with Crippen LogP contribution in [0.5, 0.6) is 0 Å². The summed E-state index contributed by atoms with van der Waals surface area (Å²) in [6.07, 6.45) is 3.36. The first-order valence-corrected chi connectivity index (χ1v) is 5.03. The Kier molecular flexibility index (Phi) is 3.31. The van der Waals surface area contributed by atoms with Crippen molar-refractivity contribution in [2.45, 2.75) is 33.1 Å². The molecule has 1 heterocycles. The summed E-state index contributed by atoms with van der Waals surface area (Å²) >= 11 is 0. The molecule has 1 amide bonds. The zero-order valence-corrected chi connectivity index (χ0v) is 8.60. The lowest BCUT2D eigenvalue weighted by molar-refractivity contribution is -0.126. The normalized spacial score (nSPS) is 24.3. The van der Waals surface area contributed by atoms with Crippen molar-refractivity contribution in [3.05, 3.63) is 0 Å². The van der Waals surface area contributed by atoms with Gasteiger partial charge in [-0.15, -0.1) is 0 Å². The van der Waals surface area contributed by atoms with Crippen molar-refractivity contribution in [3.8, 4) is 0 Å². The quantitative estimate of drug-likeness (QED) is 0.684. The first-order chi connectivity index (χ1) is 6.02. The van der Waals surface area contributed by atoms with Gasteiger partial charge in [-0.05, 0) is 38.3 Å². The highest BCUT2D eigenvalue weighted by Crippen LogP contribution is 2.28. The molecule has 1 fully saturated rings. The number of amides is 1. The van der Waals surface area contributed by atoms with Crippen LogP contribution in [-0.2, 0) is 4.79 Å². The molecule has 3 N–H and O–H groups in total. The van der Waals surface area contributed by atoms with Gasteiger partial charge in [-0.25, -0.2) is 0 Å². The molecule has 1 saturated heterocycles. The highest BCUT2D eigenvalue weighted by Gasteiger charge is 2.29. The number of hydrogen-bond donors (Lipinski definition) is 2. The maximum absolute atomic E-state index is 11.1. The van der Waals surface area contributed by atoms with Crippen molar-refractivity contribution in [1.82, 2.24) is 5.32 Å². The van der Waals surface area contributed by atoms with Crippen molar-refractivity contribution in [3.63, 3.8) is 0 Å². The summed E-state index contributed by atoms with van der Waals surface area (Å²) in [5.41, 5.74) is 4.98. The Morgan fingerprint density at radius 3 is 2.77 bits per heavy atom. The zero-order chi connectivity index (χ0) is 9.90. The molecule has 0 radical (unpaired) electrons. The summed E-state index contributed by atoms with van der Waals surface area (Å²) in [5, 5.41) is 3.34. The van der Waals surface area contributed by atoms with Gasteiger partial charge >= 0.3 is 0 Å². The van der Waals surface area contributed by atoms with Gasteiger partial charge < -0.3 is 11.1 Å². The summed E-state index contributed by atoms with van der Waals surface area (Å²) in [6.45, 7) is 6.03. The lowest BCUT2D eigenvalue weighted by atomic mass is 9.79. The van der Waals surface area contributed by atoms with Gasteiger partial charge in [-0.2, -0.15) is 0 Å². The van der Waals surface area contributed by atoms with Crippen LogP contribution < -0.4 is 11.1 Å². The maximum Gasteiger partial charge on any atom is 0.223 e. The van der Waals surface area contributed by atoms with Crippen LogP contribution in [-0.4, -0.2) is 19.0 Å². The fourth-order valence-electron chi connectivity index (χ4n) is 1.92. The summed E-state index contributed by atoms with van der Waals surface area (Å²) in [4.78, 5) is 11.1. The van der Waals surface area contributed by atoms with E-state index in [1.165, 1.54) is 12.8 Å². The van der Waals surface area contributed by atoms with Crippen molar-refractivity contribution in [2.24, 2.45) is 17.1 Å². The van der Waals surface area contributed by atoms with E-state index >= 15 is 0 Å². The average molecular weight is 184 g/mol. The largest absolute Gasteiger partial charge is 0.369 e. The number of nitrogens with one attached hydrogen (secondary N) is 1. The summed E-state index contributed by atoms with van der Waals surface area (Å²) in [5.74, 6) is 0.439. The Bertz CT molecular complexity index is 183. The standard InChI is InChI=1S/C10H20N2O/c1-10(2,9(11)13)6-8-4-3-5-12-7-8/h8,12H,3-7H2,1-2H3,(H2,11,13)/t8-/m0/s1. The van der Waals surface area contributed by atoms with Gasteiger partial charge in [-0.1, -0.05) is 13.8 Å². The predicted molar refractivity (Wildman–Crippen MR) is 53.2 cm³/mol. The Hall–Kier alpha value is -0.570. The van der Waals surface area contributed by atoms with E-state index in [1.807, 2.05) is 13.8 Å². The molecule has 0 aromatic rings. The Balaban J connectivity index is 2.41. The number of primary amides is 1. The molecule has 1 aliphatic heterocycles. The van der Waals surface area contributed by atoms with E-state index in [2.05, 4.69) is 5.32 Å². The molecule has 1 aliphatic rings. The third-order valence-corrected chi connectivity index (χ3v) is 2.86. The zero-order valence-electron chi connectivity index (χ0n) is 8.60. The van der Waals surface area contributed by atoms with Crippen LogP contribution >= 0.6 is 0 Å². The third-order valence-electron chi connectivity index (χ3n) is 2.86. The summed E-state index contributed by atoms with van der Waals surface area (Å²) < 4.78 is 0. The average Bonchev–Trinajstić information content (AvgIpc) is 2.05. The third kappa shape index (κ3) is 2.99. The molecule has 3 heteroatoms. The molecule has 0 bridgehead atoms. The van der Waals surface area contributed by atoms with Gasteiger partial charge in [0.1, 0.15) is 0 Å². The molecule has 0 aromatic carbocycles. The number of carbonyl (C=O) groups is 1. The first kappa shape index (κ1) is 10.5. The molecule has 1 atom stereocenters. The van der Waals surface area contributed by atoms with E-state index in [0.29, 0.717) is 5.92 Å². The van der Waals surface area contributed by atoms with E-state index < -0.39 is 0 Å². The molecule has 76 valence electrons. The van der Waals surface area contributed by atoms with E-state index in [-0.39, 0.29) is 11.3 Å². The van der Waals surface area contributed by atoms with Gasteiger partial charge in [0.05, 0.1) is 0 Å². The van der Waals surface area contributed by atoms with Crippen LogP contribution in [0.15, 0.2) is 0 Å². The van der Waals surface area contributed by atoms with Crippen molar-refractivity contribution in [2.75, 3.05) is 13.1 Å². The minimum atomic E-state index is -0.344. The number of nitrogens with two attached hydrogens (primary N) is 1. The summed E-state index contributed by atoms with van der Waals surface area (Å²) in [7, 11) is 0. The van der Waals surface area contributed by atoms with Gasteiger partial charge in [0, 0.05) is 5.41 Å². The molecule has 0 aliphatic carbocycles. The fraction of sp³-hybridized carbons (Fsp3) is 0.900. The van der Waals surface area contributed by atoms with E-state index in [9.17, 15) is 4.79 Å². The van der Waals surface area contributed by atoms with Crippen molar-refractivity contribution in [1.29, 1.82) is 0 Å². The molecule has 0 aromatic heterocycles. The minimum Gasteiger partial charge on any atom is -0.369 e. The van der Waals surface area contributed by atoms with Crippen LogP contribution in [0.25, 0.3) is 0 Å². The van der Waals surface area contributed by atoms with Crippen molar-refractivity contribution < 1.29 is 4.79 Å². The van der Waals surface area contributed by atoms with E-state index in [1.54, 1.807) is 0 Å². The van der Waals surface area contributed by atoms with Crippen LogP contribution in [0.3, 0.4) is 0 Å². The van der Waals surface area contributed by atoms with E-state index in [4.69, 9.17) is 5.73 Å². The van der Waals surface area contributed by atoms with Crippen LogP contribution in [0.2, 0.25) is 0 Å². The van der Waals surface area contributed by atoms with Crippen molar-refractivity contribution >= 4 is 5.91 Å². The highest BCUT2D eigenvalue weighted by molar-refractivity contribution is 5.79. The van der Waals surface area contributed by atoms with E-state index in [0.717, 1.165) is 19.5 Å². The predicted octanol–water partition coefficient (Wildman–Crippen LogP) is 0.888. The second-order valence-electron chi connectivity index (χ2n) is 4.66.